The molecular weight excluding hydrogens is 324 g/mol. The zero-order chi connectivity index (χ0) is 16.5. The molecule has 1 saturated carbocycles. The number of fused-ring (bicyclic) bond motifs is 1. The second-order valence-electron chi connectivity index (χ2n) is 5.75. The highest BCUT2D eigenvalue weighted by Crippen LogP contribution is 2.41. The van der Waals surface area contributed by atoms with Gasteiger partial charge in [0.15, 0.2) is 5.69 Å². The van der Waals surface area contributed by atoms with Crippen LogP contribution in [-0.2, 0) is 11.3 Å². The summed E-state index contributed by atoms with van der Waals surface area (Å²) in [6, 6.07) is 7.68. The summed E-state index contributed by atoms with van der Waals surface area (Å²) in [5.74, 6) is 0.212. The molecular formula is C17H16N4O2S. The fourth-order valence-corrected chi connectivity index (χ4v) is 3.51. The first-order chi connectivity index (χ1) is 11.7. The molecule has 0 saturated heterocycles. The second-order valence-corrected chi connectivity index (χ2v) is 6.84. The number of benzene rings is 1. The lowest BCUT2D eigenvalue weighted by molar-refractivity contribution is 0.0596. The summed E-state index contributed by atoms with van der Waals surface area (Å²) in [4.78, 5) is 15.9. The highest BCUT2D eigenvalue weighted by atomic mass is 32.1. The number of ether oxygens (including phenoxy) is 1. The Morgan fingerprint density at radius 1 is 1.33 bits per heavy atom. The average molecular weight is 340 g/mol. The number of rotatable bonds is 5. The maximum absolute atomic E-state index is 11.8. The lowest BCUT2D eigenvalue weighted by Crippen LogP contribution is -2.05. The number of carbonyl (C=O) groups is 1. The van der Waals surface area contributed by atoms with Gasteiger partial charge >= 0.3 is 5.97 Å². The van der Waals surface area contributed by atoms with E-state index >= 15 is 0 Å². The van der Waals surface area contributed by atoms with Crippen molar-refractivity contribution in [2.75, 3.05) is 12.4 Å². The van der Waals surface area contributed by atoms with Crippen LogP contribution in [0.2, 0.25) is 0 Å². The van der Waals surface area contributed by atoms with Crippen LogP contribution in [0.3, 0.4) is 0 Å². The van der Waals surface area contributed by atoms with Crippen molar-refractivity contribution in [1.29, 1.82) is 0 Å². The number of anilines is 1. The Morgan fingerprint density at radius 2 is 2.21 bits per heavy atom. The molecule has 0 amide bonds. The number of hydrogen-bond donors (Lipinski definition) is 1. The molecule has 2 heterocycles. The van der Waals surface area contributed by atoms with Crippen LogP contribution in [0, 0.1) is 0 Å². The summed E-state index contributed by atoms with van der Waals surface area (Å²) < 4.78 is 4.78. The molecule has 7 heteroatoms. The number of aromatic nitrogens is 3. The smallest absolute Gasteiger partial charge is 0.357 e. The Balaban J connectivity index is 1.52. The van der Waals surface area contributed by atoms with Crippen molar-refractivity contribution in [2.24, 2.45) is 0 Å². The minimum Gasteiger partial charge on any atom is -0.464 e. The molecule has 0 aliphatic heterocycles. The van der Waals surface area contributed by atoms with Gasteiger partial charge in [-0.25, -0.2) is 9.78 Å². The number of pyridine rings is 1. The summed E-state index contributed by atoms with van der Waals surface area (Å²) in [5, 5.41) is 15.7. The number of esters is 1. The van der Waals surface area contributed by atoms with Gasteiger partial charge in [0.1, 0.15) is 10.0 Å². The average Bonchev–Trinajstić information content (AvgIpc) is 3.37. The second kappa shape index (κ2) is 6.16. The number of methoxy groups -OCH3 is 1. The Kier molecular flexibility index (Phi) is 3.86. The zero-order valence-corrected chi connectivity index (χ0v) is 14.0. The highest BCUT2D eigenvalue weighted by molar-refractivity contribution is 7.11. The molecule has 122 valence electrons. The van der Waals surface area contributed by atoms with Gasteiger partial charge in [-0.3, -0.25) is 0 Å². The van der Waals surface area contributed by atoms with Crippen molar-refractivity contribution in [3.05, 3.63) is 46.2 Å². The summed E-state index contributed by atoms with van der Waals surface area (Å²) in [6.45, 7) is 0.644. The van der Waals surface area contributed by atoms with Crippen LogP contribution in [0.5, 0.6) is 0 Å². The van der Waals surface area contributed by atoms with Gasteiger partial charge in [0, 0.05) is 23.2 Å². The van der Waals surface area contributed by atoms with Gasteiger partial charge < -0.3 is 10.1 Å². The van der Waals surface area contributed by atoms with E-state index in [-0.39, 0.29) is 0 Å². The first kappa shape index (κ1) is 15.0. The van der Waals surface area contributed by atoms with Gasteiger partial charge in [-0.2, -0.15) is 0 Å². The SMILES string of the molecule is COC(=O)c1nccc2cc(NCc3nnc(C4CC4)s3)ccc12. The molecule has 24 heavy (non-hydrogen) atoms. The molecule has 1 aliphatic carbocycles. The monoisotopic (exact) mass is 340 g/mol. The standard InChI is InChI=1S/C17H16N4O2S/c1-23-17(22)15-13-5-4-12(8-11(13)6-7-18-15)19-9-14-20-21-16(24-14)10-2-3-10/h4-8,10,19H,2-3,9H2,1H3. The molecule has 6 nitrogen and oxygen atoms in total. The molecule has 2 aromatic heterocycles. The van der Waals surface area contributed by atoms with Crippen molar-refractivity contribution >= 4 is 33.8 Å². The molecule has 1 N–H and O–H groups in total. The predicted octanol–water partition coefficient (Wildman–Crippen LogP) is 3.36. The Morgan fingerprint density at radius 3 is 3.00 bits per heavy atom. The van der Waals surface area contributed by atoms with Gasteiger partial charge in [0.25, 0.3) is 0 Å². The van der Waals surface area contributed by atoms with E-state index < -0.39 is 5.97 Å². The molecule has 1 aromatic carbocycles. The Bertz CT molecular complexity index is 904. The molecule has 4 rings (SSSR count). The van der Waals surface area contributed by atoms with Gasteiger partial charge in [-0.15, -0.1) is 10.2 Å². The maximum atomic E-state index is 11.8. The van der Waals surface area contributed by atoms with Crippen molar-refractivity contribution in [2.45, 2.75) is 25.3 Å². The van der Waals surface area contributed by atoms with E-state index in [9.17, 15) is 4.79 Å². The first-order valence-corrected chi connectivity index (χ1v) is 8.59. The summed E-state index contributed by atoms with van der Waals surface area (Å²) in [7, 11) is 1.36. The lowest BCUT2D eigenvalue weighted by Gasteiger charge is -2.07. The molecule has 0 bridgehead atoms. The van der Waals surface area contributed by atoms with Gasteiger partial charge in [0.05, 0.1) is 13.7 Å². The van der Waals surface area contributed by atoms with Crippen molar-refractivity contribution in [1.82, 2.24) is 15.2 Å². The number of nitrogens with one attached hydrogen (secondary N) is 1. The zero-order valence-electron chi connectivity index (χ0n) is 13.2. The fraction of sp³-hybridized carbons (Fsp3) is 0.294. The number of nitrogens with zero attached hydrogens (tertiary/aromatic N) is 3. The van der Waals surface area contributed by atoms with Crippen LogP contribution in [0.1, 0.15) is 39.3 Å². The van der Waals surface area contributed by atoms with E-state index in [1.807, 2.05) is 24.3 Å². The van der Waals surface area contributed by atoms with E-state index in [1.165, 1.54) is 20.0 Å². The molecule has 0 radical (unpaired) electrons. The summed E-state index contributed by atoms with van der Waals surface area (Å²) in [6.07, 6.45) is 4.09. The van der Waals surface area contributed by atoms with Crippen LogP contribution in [-0.4, -0.2) is 28.3 Å². The first-order valence-electron chi connectivity index (χ1n) is 7.78. The quantitative estimate of drug-likeness (QED) is 0.718. The van der Waals surface area contributed by atoms with Crippen molar-refractivity contribution in [3.8, 4) is 0 Å². The topological polar surface area (TPSA) is 77.0 Å². The van der Waals surface area contributed by atoms with E-state index in [4.69, 9.17) is 4.74 Å². The van der Waals surface area contributed by atoms with Gasteiger partial charge in [-0.05, 0) is 42.5 Å². The largest absolute Gasteiger partial charge is 0.464 e. The van der Waals surface area contributed by atoms with Crippen LogP contribution >= 0.6 is 11.3 Å². The minimum atomic E-state index is -0.428. The van der Waals surface area contributed by atoms with Crippen molar-refractivity contribution < 1.29 is 9.53 Å². The summed E-state index contributed by atoms with van der Waals surface area (Å²) in [5.41, 5.74) is 1.30. The normalized spacial score (nSPS) is 13.9. The number of carbonyl (C=O) groups excluding carboxylic acids is 1. The Labute approximate surface area is 142 Å². The van der Waals surface area contributed by atoms with Crippen LogP contribution in [0.15, 0.2) is 30.5 Å². The third-order valence-corrected chi connectivity index (χ3v) is 5.08. The highest BCUT2D eigenvalue weighted by Gasteiger charge is 2.27. The molecule has 3 aromatic rings. The number of hydrogen-bond acceptors (Lipinski definition) is 7. The third kappa shape index (κ3) is 2.94. The van der Waals surface area contributed by atoms with Crippen LogP contribution in [0.4, 0.5) is 5.69 Å². The lowest BCUT2D eigenvalue weighted by atomic mass is 10.1. The molecule has 1 aliphatic rings. The molecule has 1 fully saturated rings. The van der Waals surface area contributed by atoms with E-state index in [1.54, 1.807) is 17.5 Å². The summed E-state index contributed by atoms with van der Waals surface area (Å²) >= 11 is 1.68. The van der Waals surface area contributed by atoms with E-state index in [0.717, 1.165) is 26.5 Å². The minimum absolute atomic E-state index is 0.333. The Hall–Kier alpha value is -2.54. The van der Waals surface area contributed by atoms with E-state index in [0.29, 0.717) is 18.2 Å². The van der Waals surface area contributed by atoms with Crippen LogP contribution in [0.25, 0.3) is 10.8 Å². The molecule has 0 unspecified atom stereocenters. The predicted molar refractivity (Wildman–Crippen MR) is 92.3 cm³/mol. The molecule has 0 spiro atoms. The van der Waals surface area contributed by atoms with Crippen LogP contribution < -0.4 is 5.32 Å². The third-order valence-electron chi connectivity index (χ3n) is 4.00. The van der Waals surface area contributed by atoms with Gasteiger partial charge in [-0.1, -0.05) is 11.3 Å². The van der Waals surface area contributed by atoms with Gasteiger partial charge in [0.2, 0.25) is 0 Å². The van der Waals surface area contributed by atoms with Crippen molar-refractivity contribution in [3.63, 3.8) is 0 Å². The molecule has 0 atom stereocenters. The maximum Gasteiger partial charge on any atom is 0.357 e. The fourth-order valence-electron chi connectivity index (χ4n) is 2.56. The van der Waals surface area contributed by atoms with E-state index in [2.05, 4.69) is 20.5 Å².